The van der Waals surface area contributed by atoms with Crippen LogP contribution in [0.2, 0.25) is 0 Å². The maximum Gasteiger partial charge on any atom is 0.264 e. The molecule has 0 radical (unpaired) electrons. The first-order chi connectivity index (χ1) is 16.2. The Morgan fingerprint density at radius 3 is 2.29 bits per heavy atom. The topological polar surface area (TPSA) is 84.9 Å². The number of carbonyl (C=O) groups is 1. The molecule has 34 heavy (non-hydrogen) atoms. The van der Waals surface area contributed by atoms with E-state index in [4.69, 9.17) is 9.47 Å². The van der Waals surface area contributed by atoms with E-state index in [0.717, 1.165) is 22.0 Å². The van der Waals surface area contributed by atoms with E-state index in [9.17, 15) is 17.6 Å². The van der Waals surface area contributed by atoms with Gasteiger partial charge in [0.1, 0.15) is 12.4 Å². The number of halogens is 1. The maximum absolute atomic E-state index is 13.4. The number of rotatable bonds is 10. The molecule has 0 aromatic heterocycles. The van der Waals surface area contributed by atoms with E-state index in [1.165, 1.54) is 31.4 Å². The molecule has 180 valence electrons. The molecule has 0 fully saturated rings. The smallest absolute Gasteiger partial charge is 0.264 e. The molecule has 0 aliphatic rings. The lowest BCUT2D eigenvalue weighted by Crippen LogP contribution is -2.40. The first-order valence-electron chi connectivity index (χ1n) is 10.6. The van der Waals surface area contributed by atoms with Gasteiger partial charge in [0.25, 0.3) is 10.0 Å². The summed E-state index contributed by atoms with van der Waals surface area (Å²) in [6.07, 6.45) is -0.0246. The minimum absolute atomic E-state index is 0.0246. The molecule has 3 aromatic carbocycles. The number of hydrogen-bond donors (Lipinski definition) is 1. The van der Waals surface area contributed by atoms with Crippen molar-refractivity contribution in [1.82, 2.24) is 5.32 Å². The number of nitrogens with zero attached hydrogens (tertiary/aromatic N) is 1. The minimum atomic E-state index is -4.06. The summed E-state index contributed by atoms with van der Waals surface area (Å²) in [6, 6.07) is 18.0. The molecular weight excluding hydrogens is 459 g/mol. The molecule has 9 heteroatoms. The molecule has 1 amide bonds. The van der Waals surface area contributed by atoms with Gasteiger partial charge in [0.15, 0.2) is 11.5 Å². The first-order valence-corrected chi connectivity index (χ1v) is 12.1. The highest BCUT2D eigenvalue weighted by Crippen LogP contribution is 2.29. The average molecular weight is 487 g/mol. The lowest BCUT2D eigenvalue weighted by molar-refractivity contribution is -0.119. The lowest BCUT2D eigenvalue weighted by Gasteiger charge is -2.24. The molecule has 0 atom stereocenters. The summed E-state index contributed by atoms with van der Waals surface area (Å²) < 4.78 is 52.0. The van der Waals surface area contributed by atoms with Crippen LogP contribution in [0, 0.1) is 5.82 Å². The fraction of sp³-hybridized carbons (Fsp3) is 0.240. The maximum atomic E-state index is 13.4. The standard InChI is InChI=1S/C25H27FN2O5S/c1-18(2)33-23-14-9-19(15-24(23)32-3)16-27-25(29)17-28(21-12-10-20(26)11-13-21)34(30,31)22-7-5-4-6-8-22/h4-15,18H,16-17H2,1-3H3,(H,27,29). The molecule has 3 aromatic rings. The number of hydrogen-bond acceptors (Lipinski definition) is 5. The molecular formula is C25H27FN2O5S. The van der Waals surface area contributed by atoms with Gasteiger partial charge in [-0.05, 0) is 67.9 Å². The van der Waals surface area contributed by atoms with E-state index in [-0.39, 0.29) is 23.2 Å². The Bertz CT molecular complexity index is 1220. The van der Waals surface area contributed by atoms with E-state index in [1.807, 2.05) is 13.8 Å². The van der Waals surface area contributed by atoms with Crippen molar-refractivity contribution in [2.24, 2.45) is 0 Å². The highest BCUT2D eigenvalue weighted by Gasteiger charge is 2.27. The number of methoxy groups -OCH3 is 1. The van der Waals surface area contributed by atoms with E-state index < -0.39 is 28.3 Å². The fourth-order valence-electron chi connectivity index (χ4n) is 3.20. The van der Waals surface area contributed by atoms with Gasteiger partial charge in [-0.2, -0.15) is 0 Å². The van der Waals surface area contributed by atoms with Gasteiger partial charge in [-0.15, -0.1) is 0 Å². The van der Waals surface area contributed by atoms with Crippen molar-refractivity contribution >= 4 is 21.6 Å². The zero-order chi connectivity index (χ0) is 24.7. The van der Waals surface area contributed by atoms with Crippen LogP contribution in [0.15, 0.2) is 77.7 Å². The molecule has 0 saturated heterocycles. The van der Waals surface area contributed by atoms with Crippen molar-refractivity contribution in [3.63, 3.8) is 0 Å². The Morgan fingerprint density at radius 2 is 1.68 bits per heavy atom. The van der Waals surface area contributed by atoms with Gasteiger partial charge in [0, 0.05) is 6.54 Å². The number of anilines is 1. The molecule has 0 bridgehead atoms. The second kappa shape index (κ2) is 11.0. The number of ether oxygens (including phenoxy) is 2. The summed E-state index contributed by atoms with van der Waals surface area (Å²) >= 11 is 0. The lowest BCUT2D eigenvalue weighted by atomic mass is 10.2. The largest absolute Gasteiger partial charge is 0.493 e. The van der Waals surface area contributed by atoms with Crippen molar-refractivity contribution in [2.45, 2.75) is 31.4 Å². The summed E-state index contributed by atoms with van der Waals surface area (Å²) in [5.41, 5.74) is 0.929. The van der Waals surface area contributed by atoms with Gasteiger partial charge in [-0.1, -0.05) is 24.3 Å². The van der Waals surface area contributed by atoms with Crippen LogP contribution < -0.4 is 19.1 Å². The predicted molar refractivity (Wildman–Crippen MR) is 128 cm³/mol. The highest BCUT2D eigenvalue weighted by atomic mass is 32.2. The van der Waals surface area contributed by atoms with Crippen LogP contribution in [-0.2, 0) is 21.4 Å². The molecule has 0 heterocycles. The van der Waals surface area contributed by atoms with Crippen LogP contribution in [-0.4, -0.2) is 34.1 Å². The SMILES string of the molecule is COc1cc(CNC(=O)CN(c2ccc(F)cc2)S(=O)(=O)c2ccccc2)ccc1OC(C)C. The Kier molecular flexibility index (Phi) is 8.12. The number of carbonyl (C=O) groups excluding carboxylic acids is 1. The molecule has 7 nitrogen and oxygen atoms in total. The molecule has 0 saturated carbocycles. The van der Waals surface area contributed by atoms with Gasteiger partial charge >= 0.3 is 0 Å². The van der Waals surface area contributed by atoms with Crippen molar-refractivity contribution < 1.29 is 27.1 Å². The number of sulfonamides is 1. The highest BCUT2D eigenvalue weighted by molar-refractivity contribution is 7.92. The van der Waals surface area contributed by atoms with Crippen molar-refractivity contribution in [3.8, 4) is 11.5 Å². The second-order valence-electron chi connectivity index (χ2n) is 7.73. The van der Waals surface area contributed by atoms with Crippen molar-refractivity contribution in [3.05, 3.63) is 84.2 Å². The second-order valence-corrected chi connectivity index (χ2v) is 9.59. The number of nitrogens with one attached hydrogen (secondary N) is 1. The summed E-state index contributed by atoms with van der Waals surface area (Å²) in [6.45, 7) is 3.49. The number of benzene rings is 3. The summed E-state index contributed by atoms with van der Waals surface area (Å²) in [5, 5.41) is 2.73. The molecule has 0 unspecified atom stereocenters. The molecule has 3 rings (SSSR count). The van der Waals surface area contributed by atoms with Gasteiger partial charge in [0.05, 0.1) is 23.8 Å². The normalized spacial score (nSPS) is 11.2. The van der Waals surface area contributed by atoms with Crippen LogP contribution in [0.1, 0.15) is 19.4 Å². The third kappa shape index (κ3) is 6.26. The average Bonchev–Trinajstić information content (AvgIpc) is 2.82. The molecule has 0 aliphatic heterocycles. The Hall–Kier alpha value is -3.59. The van der Waals surface area contributed by atoms with Gasteiger partial charge < -0.3 is 14.8 Å². The van der Waals surface area contributed by atoms with Crippen molar-refractivity contribution in [1.29, 1.82) is 0 Å². The first kappa shape index (κ1) is 25.0. The number of amides is 1. The van der Waals surface area contributed by atoms with E-state index in [0.29, 0.717) is 11.5 Å². The van der Waals surface area contributed by atoms with Crippen molar-refractivity contribution in [2.75, 3.05) is 18.0 Å². The van der Waals surface area contributed by atoms with E-state index in [1.54, 1.807) is 36.4 Å². The minimum Gasteiger partial charge on any atom is -0.493 e. The van der Waals surface area contributed by atoms with Crippen LogP contribution >= 0.6 is 0 Å². The quantitative estimate of drug-likeness (QED) is 0.466. The predicted octanol–water partition coefficient (Wildman–Crippen LogP) is 4.13. The zero-order valence-corrected chi connectivity index (χ0v) is 20.0. The summed E-state index contributed by atoms with van der Waals surface area (Å²) in [5.74, 6) is 0.0819. The third-order valence-electron chi connectivity index (χ3n) is 4.81. The Morgan fingerprint density at radius 1 is 1.00 bits per heavy atom. The monoisotopic (exact) mass is 486 g/mol. The van der Waals surface area contributed by atoms with Crippen LogP contribution in [0.5, 0.6) is 11.5 Å². The molecule has 1 N–H and O–H groups in total. The van der Waals surface area contributed by atoms with Crippen LogP contribution in [0.25, 0.3) is 0 Å². The molecule has 0 aliphatic carbocycles. The van der Waals surface area contributed by atoms with Gasteiger partial charge in [-0.3, -0.25) is 9.10 Å². The van der Waals surface area contributed by atoms with E-state index >= 15 is 0 Å². The molecule has 0 spiro atoms. The Labute approximate surface area is 199 Å². The van der Waals surface area contributed by atoms with Crippen LogP contribution in [0.4, 0.5) is 10.1 Å². The fourth-order valence-corrected chi connectivity index (χ4v) is 4.64. The van der Waals surface area contributed by atoms with E-state index in [2.05, 4.69) is 5.32 Å². The summed E-state index contributed by atoms with van der Waals surface area (Å²) in [4.78, 5) is 12.8. The Balaban J connectivity index is 1.78. The third-order valence-corrected chi connectivity index (χ3v) is 6.60. The van der Waals surface area contributed by atoms with Crippen LogP contribution in [0.3, 0.4) is 0 Å². The summed E-state index contributed by atoms with van der Waals surface area (Å²) in [7, 11) is -2.53. The van der Waals surface area contributed by atoms with Gasteiger partial charge in [0.2, 0.25) is 5.91 Å². The van der Waals surface area contributed by atoms with Gasteiger partial charge in [-0.25, -0.2) is 12.8 Å². The zero-order valence-electron chi connectivity index (χ0n) is 19.2.